The molecule has 4 rings (SSSR count). The Labute approximate surface area is 176 Å². The fourth-order valence-electron chi connectivity index (χ4n) is 4.11. The van der Waals surface area contributed by atoms with Crippen LogP contribution in [0.15, 0.2) is 22.6 Å². The largest absolute Gasteiger partial charge is 0.444 e. The Balaban J connectivity index is 1.64. The van der Waals surface area contributed by atoms with Crippen molar-refractivity contribution in [2.75, 3.05) is 13.7 Å². The summed E-state index contributed by atoms with van der Waals surface area (Å²) in [5.41, 5.74) is 1.15. The maximum absolute atomic E-state index is 12.6. The molecule has 7 nitrogen and oxygen atoms in total. The molecule has 1 aromatic heterocycles. The second-order valence-corrected chi connectivity index (χ2v) is 9.47. The average Bonchev–Trinajstić information content (AvgIpc) is 3.58. The molecule has 30 heavy (non-hydrogen) atoms. The number of rotatable bonds is 8. The van der Waals surface area contributed by atoms with E-state index in [0.717, 1.165) is 0 Å². The summed E-state index contributed by atoms with van der Waals surface area (Å²) in [7, 11) is 1.49. The average molecular weight is 415 g/mol. The number of amides is 1. The highest BCUT2D eigenvalue weighted by molar-refractivity contribution is 5.99. The molecule has 1 aromatic carbocycles. The number of methoxy groups -OCH3 is 1. The van der Waals surface area contributed by atoms with Crippen LogP contribution in [0.2, 0.25) is 0 Å². The number of fused-ring (bicyclic) bond motifs is 1. The number of benzene rings is 1. The van der Waals surface area contributed by atoms with E-state index in [1.165, 1.54) is 32.8 Å². The van der Waals surface area contributed by atoms with E-state index in [2.05, 4.69) is 10.3 Å². The molecular weight excluding hydrogens is 384 g/mol. The Hall–Kier alpha value is -2.41. The van der Waals surface area contributed by atoms with E-state index in [4.69, 9.17) is 13.9 Å². The van der Waals surface area contributed by atoms with E-state index in [-0.39, 0.29) is 18.4 Å². The summed E-state index contributed by atoms with van der Waals surface area (Å²) in [6.07, 6.45) is 4.22. The highest BCUT2D eigenvalue weighted by Crippen LogP contribution is 2.54. The molecule has 0 bridgehead atoms. The van der Waals surface area contributed by atoms with Gasteiger partial charge in [-0.15, -0.1) is 0 Å². The fourth-order valence-corrected chi connectivity index (χ4v) is 4.11. The fraction of sp³-hybridized carbons (Fsp3) is 0.609. The predicted molar refractivity (Wildman–Crippen MR) is 111 cm³/mol. The molecule has 1 atom stereocenters. The van der Waals surface area contributed by atoms with E-state index >= 15 is 0 Å². The smallest absolute Gasteiger partial charge is 0.408 e. The second kappa shape index (κ2) is 8.02. The van der Waals surface area contributed by atoms with Gasteiger partial charge < -0.3 is 19.2 Å². The zero-order valence-corrected chi connectivity index (χ0v) is 18.1. The minimum absolute atomic E-state index is 0.0183. The molecular formula is C23H30N2O5. The van der Waals surface area contributed by atoms with Crippen LogP contribution in [0.3, 0.4) is 0 Å². The molecule has 2 aliphatic carbocycles. The molecule has 1 amide bonds. The van der Waals surface area contributed by atoms with Crippen LogP contribution in [0.1, 0.15) is 68.7 Å². The van der Waals surface area contributed by atoms with Crippen LogP contribution in [-0.4, -0.2) is 36.2 Å². The van der Waals surface area contributed by atoms with Crippen molar-refractivity contribution < 1.29 is 23.5 Å². The van der Waals surface area contributed by atoms with Crippen LogP contribution in [-0.2, 0) is 9.47 Å². The van der Waals surface area contributed by atoms with Gasteiger partial charge in [-0.2, -0.15) is 0 Å². The summed E-state index contributed by atoms with van der Waals surface area (Å²) in [5, 5.41) is 3.05. The highest BCUT2D eigenvalue weighted by Gasteiger charge is 2.48. The molecule has 7 heteroatoms. The minimum atomic E-state index is -0.582. The van der Waals surface area contributed by atoms with Crippen molar-refractivity contribution in [2.45, 2.75) is 58.1 Å². The summed E-state index contributed by atoms with van der Waals surface area (Å²) in [6.45, 7) is 5.56. The van der Waals surface area contributed by atoms with Crippen LogP contribution in [0.4, 0.5) is 4.79 Å². The van der Waals surface area contributed by atoms with Gasteiger partial charge in [-0.1, -0.05) is 0 Å². The summed E-state index contributed by atoms with van der Waals surface area (Å²) in [5.74, 6) is 1.81. The number of nitrogens with zero attached hydrogens (tertiary/aromatic N) is 1. The van der Waals surface area contributed by atoms with Crippen LogP contribution < -0.4 is 5.32 Å². The number of oxazole rings is 1. The maximum Gasteiger partial charge on any atom is 0.408 e. The number of alkyl carbamates (subject to hydrolysis) is 1. The molecule has 2 fully saturated rings. The molecule has 0 saturated heterocycles. The van der Waals surface area contributed by atoms with Gasteiger partial charge in [-0.05, 0) is 82.4 Å². The molecule has 2 aliphatic rings. The minimum Gasteiger partial charge on any atom is -0.444 e. The van der Waals surface area contributed by atoms with Crippen molar-refractivity contribution in [3.63, 3.8) is 0 Å². The zero-order chi connectivity index (χ0) is 21.5. The van der Waals surface area contributed by atoms with Crippen molar-refractivity contribution in [3.05, 3.63) is 29.7 Å². The van der Waals surface area contributed by atoms with Gasteiger partial charge in [-0.3, -0.25) is 4.79 Å². The summed E-state index contributed by atoms with van der Waals surface area (Å²) >= 11 is 0. The van der Waals surface area contributed by atoms with Gasteiger partial charge in [-0.25, -0.2) is 9.78 Å². The topological polar surface area (TPSA) is 90.7 Å². The lowest BCUT2D eigenvalue weighted by molar-refractivity contribution is 0.0461. The van der Waals surface area contributed by atoms with E-state index in [1.807, 2.05) is 20.8 Å². The van der Waals surface area contributed by atoms with E-state index in [9.17, 15) is 9.59 Å². The number of hydrogen-bond donors (Lipinski definition) is 1. The standard InChI is InChI=1S/C23H30N2O5/c1-23(2,3)30-22(27)25-20(19(13-5-6-13)14-7-8-14)21-24-16-11-15(17(26)12-28-4)9-10-18(16)29-21/h9-11,13-14,19-20H,5-8,12H2,1-4H3,(H,25,27)/t20-/m1/s1. The predicted octanol–water partition coefficient (Wildman–Crippen LogP) is 4.66. The Kier molecular flexibility index (Phi) is 5.57. The van der Waals surface area contributed by atoms with Crippen LogP contribution in [0.25, 0.3) is 11.1 Å². The first-order valence-corrected chi connectivity index (χ1v) is 10.7. The Morgan fingerprint density at radius 1 is 1.20 bits per heavy atom. The van der Waals surface area contributed by atoms with Crippen molar-refractivity contribution in [1.29, 1.82) is 0 Å². The van der Waals surface area contributed by atoms with E-state index < -0.39 is 11.7 Å². The quantitative estimate of drug-likeness (QED) is 0.632. The van der Waals surface area contributed by atoms with Crippen molar-refractivity contribution in [1.82, 2.24) is 10.3 Å². The maximum atomic E-state index is 12.6. The van der Waals surface area contributed by atoms with Crippen molar-refractivity contribution in [2.24, 2.45) is 17.8 Å². The van der Waals surface area contributed by atoms with Crippen LogP contribution in [0.5, 0.6) is 0 Å². The summed E-state index contributed by atoms with van der Waals surface area (Å²) in [6, 6.07) is 4.85. The molecule has 0 aliphatic heterocycles. The number of hydrogen-bond acceptors (Lipinski definition) is 6. The highest BCUT2D eigenvalue weighted by atomic mass is 16.6. The van der Waals surface area contributed by atoms with Gasteiger partial charge in [0.1, 0.15) is 23.8 Å². The lowest BCUT2D eigenvalue weighted by Crippen LogP contribution is -2.39. The van der Waals surface area contributed by atoms with Crippen molar-refractivity contribution in [3.8, 4) is 0 Å². The van der Waals surface area contributed by atoms with Crippen LogP contribution in [0, 0.1) is 17.8 Å². The third-order valence-electron chi connectivity index (χ3n) is 5.66. The number of Topliss-reactive ketones (excluding diaryl/α,β-unsaturated/α-hetero) is 1. The number of carbonyl (C=O) groups is 2. The summed E-state index contributed by atoms with van der Waals surface area (Å²) in [4.78, 5) is 29.4. The second-order valence-electron chi connectivity index (χ2n) is 9.47. The molecule has 1 heterocycles. The number of ketones is 1. The normalized spacial score (nSPS) is 17.9. The number of ether oxygens (including phenoxy) is 2. The monoisotopic (exact) mass is 414 g/mol. The van der Waals surface area contributed by atoms with Gasteiger partial charge >= 0.3 is 6.09 Å². The first-order chi connectivity index (χ1) is 14.2. The van der Waals surface area contributed by atoms with Gasteiger partial charge in [0.05, 0.1) is 0 Å². The third kappa shape index (κ3) is 4.83. The number of carbonyl (C=O) groups excluding carboxylic acids is 2. The van der Waals surface area contributed by atoms with Gasteiger partial charge in [0.2, 0.25) is 5.89 Å². The summed E-state index contributed by atoms with van der Waals surface area (Å²) < 4.78 is 16.5. The number of nitrogens with one attached hydrogen (secondary N) is 1. The molecule has 1 N–H and O–H groups in total. The van der Waals surface area contributed by atoms with Crippen LogP contribution >= 0.6 is 0 Å². The zero-order valence-electron chi connectivity index (χ0n) is 18.1. The molecule has 162 valence electrons. The van der Waals surface area contributed by atoms with Gasteiger partial charge in [0.25, 0.3) is 0 Å². The van der Waals surface area contributed by atoms with Gasteiger partial charge in [0, 0.05) is 12.7 Å². The Morgan fingerprint density at radius 2 is 1.87 bits per heavy atom. The lowest BCUT2D eigenvalue weighted by atomic mass is 9.89. The van der Waals surface area contributed by atoms with E-state index in [0.29, 0.717) is 40.3 Å². The van der Waals surface area contributed by atoms with E-state index in [1.54, 1.807) is 18.2 Å². The SMILES string of the molecule is COCC(=O)c1ccc2oc([C@H](NC(=O)OC(C)(C)C)C(C3CC3)C3CC3)nc2c1. The molecule has 0 unspecified atom stereocenters. The lowest BCUT2D eigenvalue weighted by Gasteiger charge is -2.27. The van der Waals surface area contributed by atoms with Gasteiger partial charge in [0.15, 0.2) is 11.4 Å². The first-order valence-electron chi connectivity index (χ1n) is 10.7. The third-order valence-corrected chi connectivity index (χ3v) is 5.66. The first kappa shape index (κ1) is 20.8. The Morgan fingerprint density at radius 3 is 2.43 bits per heavy atom. The molecule has 2 aromatic rings. The molecule has 2 saturated carbocycles. The number of aromatic nitrogens is 1. The molecule has 0 radical (unpaired) electrons. The Bertz CT molecular complexity index is 925. The molecule has 0 spiro atoms. The van der Waals surface area contributed by atoms with Crippen molar-refractivity contribution >= 4 is 23.0 Å².